The quantitative estimate of drug-likeness (QED) is 0.697. The van der Waals surface area contributed by atoms with E-state index in [0.29, 0.717) is 22.7 Å². The lowest BCUT2D eigenvalue weighted by Crippen LogP contribution is -2.14. The van der Waals surface area contributed by atoms with Gasteiger partial charge >= 0.3 is 0 Å². The Morgan fingerprint density at radius 1 is 1.19 bits per heavy atom. The number of hydrogen-bond donors (Lipinski definition) is 2. The minimum atomic E-state index is -0.435. The second kappa shape index (κ2) is 4.86. The lowest BCUT2D eigenvalue weighted by Gasteiger charge is -2.02. The lowest BCUT2D eigenvalue weighted by atomic mass is 10.2. The van der Waals surface area contributed by atoms with Crippen LogP contribution in [0.5, 0.6) is 0 Å². The summed E-state index contributed by atoms with van der Waals surface area (Å²) in [7, 11) is 0. The molecule has 0 atom stereocenters. The summed E-state index contributed by atoms with van der Waals surface area (Å²) in [6.07, 6.45) is 0. The molecule has 3 N–H and O–H groups in total. The summed E-state index contributed by atoms with van der Waals surface area (Å²) in [6, 6.07) is 6.79. The summed E-state index contributed by atoms with van der Waals surface area (Å²) in [4.78, 5) is 16.3. The molecule has 0 bridgehead atoms. The summed E-state index contributed by atoms with van der Waals surface area (Å²) in [5.41, 5.74) is 8.31. The van der Waals surface area contributed by atoms with Crippen LogP contribution >= 0.6 is 0 Å². The Kier molecular flexibility index (Phi) is 3.02. The van der Waals surface area contributed by atoms with Crippen molar-refractivity contribution < 1.29 is 9.21 Å². The summed E-state index contributed by atoms with van der Waals surface area (Å²) < 4.78 is 5.47. The van der Waals surface area contributed by atoms with E-state index in [1.165, 1.54) is 0 Å². The number of amides is 1. The Morgan fingerprint density at radius 3 is 2.76 bits per heavy atom. The Labute approximate surface area is 120 Å². The van der Waals surface area contributed by atoms with E-state index < -0.39 is 5.91 Å². The third-order valence-corrected chi connectivity index (χ3v) is 3.08. The van der Waals surface area contributed by atoms with Crippen molar-refractivity contribution in [1.82, 2.24) is 15.2 Å². The molecule has 1 amide bonds. The average Bonchev–Trinajstić information content (AvgIpc) is 2.86. The molecule has 0 fully saturated rings. The van der Waals surface area contributed by atoms with E-state index in [2.05, 4.69) is 20.5 Å². The highest BCUT2D eigenvalue weighted by molar-refractivity contribution is 6.03. The number of hydrogen-bond acceptors (Lipinski definition) is 6. The second-order valence-corrected chi connectivity index (χ2v) is 4.67. The van der Waals surface area contributed by atoms with Crippen molar-refractivity contribution in [3.8, 4) is 0 Å². The highest BCUT2D eigenvalue weighted by atomic mass is 16.3. The van der Waals surface area contributed by atoms with Crippen LogP contribution in [0.3, 0.4) is 0 Å². The van der Waals surface area contributed by atoms with Crippen LogP contribution in [-0.4, -0.2) is 21.1 Å². The number of nitrogen functional groups attached to an aromatic ring is 1. The summed E-state index contributed by atoms with van der Waals surface area (Å²) >= 11 is 0. The molecule has 0 saturated heterocycles. The number of furan rings is 1. The Hall–Kier alpha value is -2.96. The zero-order valence-electron chi connectivity index (χ0n) is 11.5. The molecule has 0 aliphatic carbocycles. The maximum absolute atomic E-state index is 12.1. The summed E-state index contributed by atoms with van der Waals surface area (Å²) in [5.74, 6) is -0.129. The van der Waals surface area contributed by atoms with Crippen molar-refractivity contribution in [3.05, 3.63) is 41.4 Å². The standard InChI is InChI=1S/C14H13N5O2/c1-7-8(2)18-19-14(16-7)17-13(20)12-6-9-5-10(15)3-4-11(9)21-12/h3-6H,15H2,1-2H3,(H,16,17,19,20). The van der Waals surface area contributed by atoms with Gasteiger partial charge in [-0.3, -0.25) is 10.1 Å². The van der Waals surface area contributed by atoms with Crippen molar-refractivity contribution >= 4 is 28.5 Å². The van der Waals surface area contributed by atoms with Gasteiger partial charge in [0.1, 0.15) is 5.58 Å². The average molecular weight is 283 g/mol. The van der Waals surface area contributed by atoms with Crippen molar-refractivity contribution in [2.45, 2.75) is 13.8 Å². The Morgan fingerprint density at radius 2 is 2.00 bits per heavy atom. The van der Waals surface area contributed by atoms with Crippen molar-refractivity contribution in [1.29, 1.82) is 0 Å². The minimum Gasteiger partial charge on any atom is -0.451 e. The van der Waals surface area contributed by atoms with Gasteiger partial charge in [0, 0.05) is 11.1 Å². The van der Waals surface area contributed by atoms with Gasteiger partial charge in [-0.05, 0) is 38.1 Å². The molecule has 2 heterocycles. The zero-order chi connectivity index (χ0) is 15.0. The first kappa shape index (κ1) is 13.0. The van der Waals surface area contributed by atoms with E-state index in [0.717, 1.165) is 5.39 Å². The third-order valence-electron chi connectivity index (χ3n) is 3.08. The van der Waals surface area contributed by atoms with Gasteiger partial charge in [0.05, 0.1) is 11.4 Å². The van der Waals surface area contributed by atoms with E-state index in [4.69, 9.17) is 10.2 Å². The van der Waals surface area contributed by atoms with Crippen LogP contribution < -0.4 is 11.1 Å². The number of carbonyl (C=O) groups is 1. The molecule has 3 aromatic rings. The second-order valence-electron chi connectivity index (χ2n) is 4.67. The van der Waals surface area contributed by atoms with E-state index in [1.807, 2.05) is 0 Å². The van der Waals surface area contributed by atoms with E-state index >= 15 is 0 Å². The first-order valence-electron chi connectivity index (χ1n) is 6.31. The van der Waals surface area contributed by atoms with Gasteiger partial charge in [-0.15, -0.1) is 5.10 Å². The fourth-order valence-corrected chi connectivity index (χ4v) is 1.85. The van der Waals surface area contributed by atoms with Crippen LogP contribution in [0.25, 0.3) is 11.0 Å². The van der Waals surface area contributed by atoms with Crippen molar-refractivity contribution in [2.24, 2.45) is 0 Å². The van der Waals surface area contributed by atoms with Crippen LogP contribution in [0.15, 0.2) is 28.7 Å². The molecule has 0 radical (unpaired) electrons. The number of aromatic nitrogens is 3. The maximum atomic E-state index is 12.1. The number of fused-ring (bicyclic) bond motifs is 1. The Balaban J connectivity index is 1.87. The van der Waals surface area contributed by atoms with Gasteiger partial charge in [-0.2, -0.15) is 5.10 Å². The highest BCUT2D eigenvalue weighted by Gasteiger charge is 2.14. The van der Waals surface area contributed by atoms with Crippen LogP contribution in [0.1, 0.15) is 21.9 Å². The number of rotatable bonds is 2. The van der Waals surface area contributed by atoms with Crippen LogP contribution in [0.2, 0.25) is 0 Å². The molecule has 7 heteroatoms. The molecule has 0 aliphatic heterocycles. The molecule has 2 aromatic heterocycles. The van der Waals surface area contributed by atoms with E-state index in [-0.39, 0.29) is 11.7 Å². The third kappa shape index (κ3) is 2.53. The maximum Gasteiger partial charge on any atom is 0.293 e. The summed E-state index contributed by atoms with van der Waals surface area (Å²) in [6.45, 7) is 3.59. The van der Waals surface area contributed by atoms with Gasteiger partial charge in [0.15, 0.2) is 5.76 Å². The number of anilines is 2. The first-order chi connectivity index (χ1) is 10.0. The first-order valence-corrected chi connectivity index (χ1v) is 6.31. The van der Waals surface area contributed by atoms with E-state index in [9.17, 15) is 4.79 Å². The number of nitrogens with two attached hydrogens (primary N) is 1. The van der Waals surface area contributed by atoms with Crippen molar-refractivity contribution in [2.75, 3.05) is 11.1 Å². The van der Waals surface area contributed by atoms with Crippen LogP contribution in [0.4, 0.5) is 11.6 Å². The molecule has 1 aromatic carbocycles. The van der Waals surface area contributed by atoms with Gasteiger partial charge < -0.3 is 10.2 Å². The SMILES string of the molecule is Cc1nnc(NC(=O)c2cc3cc(N)ccc3o2)nc1C. The number of nitrogens with zero attached hydrogens (tertiary/aromatic N) is 3. The molecule has 106 valence electrons. The molecule has 0 spiro atoms. The van der Waals surface area contributed by atoms with Gasteiger partial charge in [0.25, 0.3) is 5.91 Å². The molecule has 21 heavy (non-hydrogen) atoms. The number of carbonyl (C=O) groups excluding carboxylic acids is 1. The normalized spacial score (nSPS) is 10.8. The largest absolute Gasteiger partial charge is 0.451 e. The van der Waals surface area contributed by atoms with E-state index in [1.54, 1.807) is 38.1 Å². The molecular weight excluding hydrogens is 270 g/mol. The molecule has 3 rings (SSSR count). The smallest absolute Gasteiger partial charge is 0.293 e. The fourth-order valence-electron chi connectivity index (χ4n) is 1.85. The zero-order valence-corrected chi connectivity index (χ0v) is 11.5. The van der Waals surface area contributed by atoms with Crippen LogP contribution in [-0.2, 0) is 0 Å². The monoisotopic (exact) mass is 283 g/mol. The topological polar surface area (TPSA) is 107 Å². The fraction of sp³-hybridized carbons (Fsp3) is 0.143. The van der Waals surface area contributed by atoms with Crippen LogP contribution in [0, 0.1) is 13.8 Å². The lowest BCUT2D eigenvalue weighted by molar-refractivity contribution is 0.0997. The summed E-state index contributed by atoms with van der Waals surface area (Å²) in [5, 5.41) is 11.0. The highest BCUT2D eigenvalue weighted by Crippen LogP contribution is 2.22. The predicted octanol–water partition coefficient (Wildman–Crippen LogP) is 2.07. The number of nitrogens with one attached hydrogen (secondary N) is 1. The molecule has 0 unspecified atom stereocenters. The number of benzene rings is 1. The number of aryl methyl sites for hydroxylation is 2. The minimum absolute atomic E-state index is 0.142. The van der Waals surface area contributed by atoms with Crippen molar-refractivity contribution in [3.63, 3.8) is 0 Å². The molecule has 0 saturated carbocycles. The van der Waals surface area contributed by atoms with Gasteiger partial charge in [0.2, 0.25) is 5.95 Å². The molecule has 7 nitrogen and oxygen atoms in total. The molecular formula is C14H13N5O2. The van der Waals surface area contributed by atoms with Gasteiger partial charge in [-0.1, -0.05) is 0 Å². The predicted molar refractivity (Wildman–Crippen MR) is 77.9 cm³/mol. The molecule has 0 aliphatic rings. The Bertz CT molecular complexity index is 840. The van der Waals surface area contributed by atoms with Gasteiger partial charge in [-0.25, -0.2) is 4.98 Å².